The number of nitrogens with zero attached hydrogens (tertiary/aromatic N) is 4. The van der Waals surface area contributed by atoms with Gasteiger partial charge in [0.05, 0.1) is 23.4 Å². The van der Waals surface area contributed by atoms with Crippen LogP contribution in [0.25, 0.3) is 27.6 Å². The van der Waals surface area contributed by atoms with Crippen LogP contribution in [0.1, 0.15) is 29.8 Å². The van der Waals surface area contributed by atoms with Gasteiger partial charge in [0.2, 0.25) is 0 Å². The highest BCUT2D eigenvalue weighted by Gasteiger charge is 2.19. The largest absolute Gasteiger partial charge is 0.360 e. The van der Waals surface area contributed by atoms with Crippen LogP contribution in [0.2, 0.25) is 0 Å². The molecule has 5 rings (SSSR count). The first kappa shape index (κ1) is 19.9. The molecular weight excluding hydrogens is 407 g/mol. The Bertz CT molecular complexity index is 1540. The summed E-state index contributed by atoms with van der Waals surface area (Å²) < 4.78 is 15.6. The molecule has 0 aliphatic rings. The maximum absolute atomic E-state index is 14.0. The first-order valence-corrected chi connectivity index (χ1v) is 10.3. The van der Waals surface area contributed by atoms with Crippen LogP contribution < -0.4 is 10.9 Å². The number of rotatable bonds is 4. The van der Waals surface area contributed by atoms with E-state index in [1.54, 1.807) is 17.0 Å². The Morgan fingerprint density at radius 2 is 1.94 bits per heavy atom. The number of fused-ring (bicyclic) bond motifs is 2. The van der Waals surface area contributed by atoms with Gasteiger partial charge in [0.15, 0.2) is 11.5 Å². The van der Waals surface area contributed by atoms with Crippen molar-refractivity contribution in [3.8, 4) is 5.69 Å². The Labute approximate surface area is 183 Å². The second-order valence-electron chi connectivity index (χ2n) is 7.85. The van der Waals surface area contributed by atoms with Crippen LogP contribution in [-0.2, 0) is 0 Å². The number of benzene rings is 2. The van der Waals surface area contributed by atoms with Gasteiger partial charge < -0.3 is 10.3 Å². The molecule has 0 amide bonds. The molecule has 0 aliphatic carbocycles. The number of hydrogen-bond donors (Lipinski definition) is 2. The smallest absolute Gasteiger partial charge is 0.263 e. The van der Waals surface area contributed by atoms with Crippen molar-refractivity contribution in [1.29, 1.82) is 0 Å². The fourth-order valence-corrected chi connectivity index (χ4v) is 4.00. The standard InChI is InChI=1S/C24H21FN6O/c1-13-5-4-6-19(14(13)2)31-20(9-16-7-8-17(25)10-18(16)24(31)32)15(3)30-23-21-22(27-11-26-21)28-12-29-23/h4-12,15H,1-3H3,(H2,26,27,28,29,30)/t15-/m1/s1. The number of H-pyrrole nitrogens is 1. The monoisotopic (exact) mass is 428 g/mol. The molecule has 2 aromatic carbocycles. The van der Waals surface area contributed by atoms with Gasteiger partial charge in [0, 0.05) is 5.69 Å². The molecule has 7 nitrogen and oxygen atoms in total. The van der Waals surface area contributed by atoms with Gasteiger partial charge in [-0.3, -0.25) is 9.36 Å². The van der Waals surface area contributed by atoms with Crippen LogP contribution in [0, 0.1) is 19.7 Å². The number of pyridine rings is 1. The Morgan fingerprint density at radius 3 is 2.78 bits per heavy atom. The second kappa shape index (κ2) is 7.56. The number of imidazole rings is 1. The second-order valence-corrected chi connectivity index (χ2v) is 7.85. The quantitative estimate of drug-likeness (QED) is 0.437. The molecule has 2 N–H and O–H groups in total. The fourth-order valence-electron chi connectivity index (χ4n) is 4.00. The first-order chi connectivity index (χ1) is 15.4. The Kier molecular flexibility index (Phi) is 4.70. The molecule has 3 aromatic heterocycles. The van der Waals surface area contributed by atoms with Gasteiger partial charge >= 0.3 is 0 Å². The lowest BCUT2D eigenvalue weighted by Crippen LogP contribution is -2.26. The number of aryl methyl sites for hydroxylation is 1. The zero-order chi connectivity index (χ0) is 22.4. The molecule has 32 heavy (non-hydrogen) atoms. The number of halogens is 1. The minimum absolute atomic E-state index is 0.271. The molecule has 0 saturated heterocycles. The topological polar surface area (TPSA) is 88.5 Å². The summed E-state index contributed by atoms with van der Waals surface area (Å²) in [5.74, 6) is 0.117. The lowest BCUT2D eigenvalue weighted by Gasteiger charge is -2.23. The molecule has 0 bridgehead atoms. The van der Waals surface area contributed by atoms with E-state index in [1.165, 1.54) is 18.5 Å². The lowest BCUT2D eigenvalue weighted by molar-refractivity contribution is 0.629. The average Bonchev–Trinajstić information content (AvgIpc) is 3.26. The summed E-state index contributed by atoms with van der Waals surface area (Å²) in [6, 6.07) is 11.7. The zero-order valence-electron chi connectivity index (χ0n) is 17.8. The third kappa shape index (κ3) is 3.20. The van der Waals surface area contributed by atoms with E-state index in [4.69, 9.17) is 0 Å². The normalized spacial score (nSPS) is 12.4. The predicted octanol–water partition coefficient (Wildman–Crippen LogP) is 4.59. The van der Waals surface area contributed by atoms with Gasteiger partial charge in [-0.2, -0.15) is 0 Å². The Hall–Kier alpha value is -4.07. The van der Waals surface area contributed by atoms with Crippen LogP contribution in [-0.4, -0.2) is 24.5 Å². The van der Waals surface area contributed by atoms with Gasteiger partial charge in [0.1, 0.15) is 17.7 Å². The lowest BCUT2D eigenvalue weighted by atomic mass is 10.0. The molecule has 0 fully saturated rings. The molecule has 0 aliphatic heterocycles. The minimum atomic E-state index is -0.442. The summed E-state index contributed by atoms with van der Waals surface area (Å²) in [4.78, 5) is 29.4. The third-order valence-electron chi connectivity index (χ3n) is 5.84. The van der Waals surface area contributed by atoms with Crippen molar-refractivity contribution in [2.24, 2.45) is 0 Å². The van der Waals surface area contributed by atoms with E-state index < -0.39 is 5.82 Å². The Morgan fingerprint density at radius 1 is 1.09 bits per heavy atom. The molecule has 0 radical (unpaired) electrons. The summed E-state index contributed by atoms with van der Waals surface area (Å²) in [5.41, 5.74) is 4.50. The molecule has 8 heteroatoms. The van der Waals surface area contributed by atoms with Gasteiger partial charge in [-0.25, -0.2) is 19.3 Å². The van der Waals surface area contributed by atoms with Crippen molar-refractivity contribution in [2.75, 3.05) is 5.32 Å². The van der Waals surface area contributed by atoms with E-state index >= 15 is 0 Å². The van der Waals surface area contributed by atoms with Crippen molar-refractivity contribution < 1.29 is 4.39 Å². The number of aromatic nitrogens is 5. The molecule has 0 saturated carbocycles. The summed E-state index contributed by atoms with van der Waals surface area (Å²) >= 11 is 0. The zero-order valence-corrected chi connectivity index (χ0v) is 17.8. The SMILES string of the molecule is Cc1cccc(-n2c([C@@H](C)Nc3ncnc4[nH]cnc34)cc3ccc(F)cc3c2=O)c1C. The molecule has 0 spiro atoms. The van der Waals surface area contributed by atoms with Crippen LogP contribution >= 0.6 is 0 Å². The summed E-state index contributed by atoms with van der Waals surface area (Å²) in [6.45, 7) is 5.93. The van der Waals surface area contributed by atoms with Crippen molar-refractivity contribution in [3.05, 3.63) is 88.1 Å². The molecule has 3 heterocycles. The van der Waals surface area contributed by atoms with Gasteiger partial charge in [-0.15, -0.1) is 0 Å². The summed E-state index contributed by atoms with van der Waals surface area (Å²) in [7, 11) is 0. The maximum Gasteiger partial charge on any atom is 0.263 e. The molecule has 5 aromatic rings. The van der Waals surface area contributed by atoms with Crippen molar-refractivity contribution in [1.82, 2.24) is 24.5 Å². The van der Waals surface area contributed by atoms with Crippen LogP contribution in [0.5, 0.6) is 0 Å². The van der Waals surface area contributed by atoms with Gasteiger partial charge in [-0.05, 0) is 61.5 Å². The number of nitrogens with one attached hydrogen (secondary N) is 2. The molecule has 1 atom stereocenters. The van der Waals surface area contributed by atoms with E-state index in [9.17, 15) is 9.18 Å². The molecular formula is C24H21FN6O. The highest BCUT2D eigenvalue weighted by atomic mass is 19.1. The Balaban J connectivity index is 1.74. The molecule has 160 valence electrons. The number of anilines is 1. The maximum atomic E-state index is 14.0. The average molecular weight is 428 g/mol. The van der Waals surface area contributed by atoms with E-state index in [-0.39, 0.29) is 11.6 Å². The van der Waals surface area contributed by atoms with Crippen molar-refractivity contribution >= 4 is 27.8 Å². The third-order valence-corrected chi connectivity index (χ3v) is 5.84. The van der Waals surface area contributed by atoms with Crippen molar-refractivity contribution in [2.45, 2.75) is 26.8 Å². The number of hydrogen-bond acceptors (Lipinski definition) is 5. The molecule has 0 unspecified atom stereocenters. The summed E-state index contributed by atoms with van der Waals surface area (Å²) in [6.07, 6.45) is 3.02. The predicted molar refractivity (Wildman–Crippen MR) is 123 cm³/mol. The number of aromatic amines is 1. The summed E-state index contributed by atoms with van der Waals surface area (Å²) in [5, 5.41) is 4.37. The van der Waals surface area contributed by atoms with E-state index in [0.717, 1.165) is 22.5 Å². The van der Waals surface area contributed by atoms with E-state index in [1.807, 2.05) is 45.0 Å². The van der Waals surface area contributed by atoms with Crippen LogP contribution in [0.4, 0.5) is 10.2 Å². The minimum Gasteiger partial charge on any atom is -0.360 e. The first-order valence-electron chi connectivity index (χ1n) is 10.3. The van der Waals surface area contributed by atoms with E-state index in [0.29, 0.717) is 27.8 Å². The highest BCUT2D eigenvalue weighted by molar-refractivity contribution is 5.84. The fraction of sp³-hybridized carbons (Fsp3) is 0.167. The highest BCUT2D eigenvalue weighted by Crippen LogP contribution is 2.27. The van der Waals surface area contributed by atoms with E-state index in [2.05, 4.69) is 25.3 Å². The van der Waals surface area contributed by atoms with Crippen LogP contribution in [0.15, 0.2) is 59.9 Å². The van der Waals surface area contributed by atoms with Gasteiger partial charge in [0.25, 0.3) is 5.56 Å². The van der Waals surface area contributed by atoms with Crippen molar-refractivity contribution in [3.63, 3.8) is 0 Å². The van der Waals surface area contributed by atoms with Gasteiger partial charge in [-0.1, -0.05) is 18.2 Å². The van der Waals surface area contributed by atoms with Crippen LogP contribution in [0.3, 0.4) is 0 Å².